The maximum Gasteiger partial charge on any atom is 0.271 e. The van der Waals surface area contributed by atoms with Gasteiger partial charge >= 0.3 is 0 Å². The molecular weight excluding hydrogens is 282 g/mol. The third kappa shape index (κ3) is 3.58. The molecule has 0 spiro atoms. The zero-order chi connectivity index (χ0) is 16.3. The van der Waals surface area contributed by atoms with Gasteiger partial charge in [0, 0.05) is 30.8 Å². The summed E-state index contributed by atoms with van der Waals surface area (Å²) in [5, 5.41) is 14.0. The van der Waals surface area contributed by atoms with Crippen LogP contribution in [-0.2, 0) is 4.79 Å². The third-order valence-electron chi connectivity index (χ3n) is 3.48. The minimum atomic E-state index is -0.398. The smallest absolute Gasteiger partial charge is 0.271 e. The Morgan fingerprint density at radius 3 is 2.55 bits per heavy atom. The van der Waals surface area contributed by atoms with Crippen LogP contribution in [0.5, 0.6) is 0 Å². The highest BCUT2D eigenvalue weighted by atomic mass is 16.3. The molecule has 2 N–H and O–H groups in total. The highest BCUT2D eigenvalue weighted by molar-refractivity contribution is 6.22. The summed E-state index contributed by atoms with van der Waals surface area (Å²) < 4.78 is 0. The molecule has 1 aliphatic carbocycles. The maximum atomic E-state index is 12.2. The van der Waals surface area contributed by atoms with Crippen molar-refractivity contribution in [2.24, 2.45) is 10.5 Å². The number of aliphatic hydroxyl groups is 1. The number of hydrogen-bond acceptors (Lipinski definition) is 5. The number of aliphatic hydroxyl groups excluding tert-OH is 1. The number of pyridine rings is 1. The van der Waals surface area contributed by atoms with Gasteiger partial charge in [-0.15, -0.1) is 0 Å². The number of nitrogens with one attached hydrogen (secondary N) is 1. The highest BCUT2D eigenvalue weighted by Gasteiger charge is 2.34. The standard InChI is InChI=1S/C16H19N3O3/c1-10(14-12(20)8-16(2,3)9-13(14)21)18-19-15(22)11-4-6-17-7-5-11/h4-7,20H,8-9H2,1-3H3,(H,19,22)/b18-10-. The van der Waals surface area contributed by atoms with Crippen molar-refractivity contribution in [3.8, 4) is 0 Å². The van der Waals surface area contributed by atoms with Crippen LogP contribution in [0, 0.1) is 5.41 Å². The Kier molecular flexibility index (Phi) is 4.40. The molecule has 116 valence electrons. The van der Waals surface area contributed by atoms with Gasteiger partial charge in [-0.1, -0.05) is 13.8 Å². The second kappa shape index (κ2) is 6.09. The molecule has 0 radical (unpaired) electrons. The molecule has 1 heterocycles. The number of rotatable bonds is 3. The van der Waals surface area contributed by atoms with E-state index in [-0.39, 0.29) is 22.5 Å². The lowest BCUT2D eigenvalue weighted by Crippen LogP contribution is -2.29. The molecule has 1 aliphatic rings. The van der Waals surface area contributed by atoms with Crippen molar-refractivity contribution in [2.75, 3.05) is 0 Å². The molecule has 0 fully saturated rings. The molecular formula is C16H19N3O3. The lowest BCUT2D eigenvalue weighted by molar-refractivity contribution is -0.117. The average Bonchev–Trinajstić information content (AvgIpc) is 2.43. The van der Waals surface area contributed by atoms with Crippen molar-refractivity contribution in [3.05, 3.63) is 41.4 Å². The summed E-state index contributed by atoms with van der Waals surface area (Å²) in [7, 11) is 0. The Balaban J connectivity index is 2.16. The molecule has 2 rings (SSSR count). The molecule has 0 aromatic carbocycles. The van der Waals surface area contributed by atoms with Gasteiger partial charge in [0.25, 0.3) is 5.91 Å². The number of hydrogen-bond donors (Lipinski definition) is 2. The lowest BCUT2D eigenvalue weighted by Gasteiger charge is -2.29. The summed E-state index contributed by atoms with van der Waals surface area (Å²) >= 11 is 0. The molecule has 0 saturated heterocycles. The van der Waals surface area contributed by atoms with E-state index in [0.29, 0.717) is 24.1 Å². The summed E-state index contributed by atoms with van der Waals surface area (Å²) in [6, 6.07) is 3.12. The van der Waals surface area contributed by atoms with Crippen LogP contribution in [0.1, 0.15) is 44.0 Å². The summed E-state index contributed by atoms with van der Waals surface area (Å²) in [6.07, 6.45) is 3.77. The number of amides is 1. The first-order valence-corrected chi connectivity index (χ1v) is 7.00. The number of Topliss-reactive ketones (excluding diaryl/α,β-unsaturated/α-hetero) is 1. The van der Waals surface area contributed by atoms with Crippen LogP contribution in [-0.4, -0.2) is 27.5 Å². The summed E-state index contributed by atoms with van der Waals surface area (Å²) in [5.41, 5.74) is 3.05. The Bertz CT molecular complexity index is 660. The first kappa shape index (κ1) is 15.9. The highest BCUT2D eigenvalue weighted by Crippen LogP contribution is 2.35. The summed E-state index contributed by atoms with van der Waals surface area (Å²) in [5.74, 6) is -0.528. The van der Waals surface area contributed by atoms with Crippen molar-refractivity contribution in [1.29, 1.82) is 0 Å². The molecule has 6 nitrogen and oxygen atoms in total. The number of allylic oxidation sites excluding steroid dienone is 2. The Labute approximate surface area is 129 Å². The van der Waals surface area contributed by atoms with E-state index < -0.39 is 5.91 Å². The Morgan fingerprint density at radius 2 is 1.95 bits per heavy atom. The van der Waals surface area contributed by atoms with Crippen LogP contribution in [0.2, 0.25) is 0 Å². The fourth-order valence-electron chi connectivity index (χ4n) is 2.46. The molecule has 0 unspecified atom stereocenters. The molecule has 0 saturated carbocycles. The van der Waals surface area contributed by atoms with Crippen molar-refractivity contribution in [2.45, 2.75) is 33.6 Å². The van der Waals surface area contributed by atoms with Crippen LogP contribution in [0.15, 0.2) is 41.0 Å². The predicted molar refractivity (Wildman–Crippen MR) is 82.5 cm³/mol. The molecule has 6 heteroatoms. The SMILES string of the molecule is C/C(=N/NC(=O)c1ccncc1)C1=C(O)CC(C)(C)CC1=O. The zero-order valence-corrected chi connectivity index (χ0v) is 12.9. The Morgan fingerprint density at radius 1 is 1.32 bits per heavy atom. The van der Waals surface area contributed by atoms with Crippen LogP contribution < -0.4 is 5.43 Å². The normalized spacial score (nSPS) is 18.3. The van der Waals surface area contributed by atoms with E-state index in [2.05, 4.69) is 15.5 Å². The number of carbonyl (C=O) groups excluding carboxylic acids is 2. The topological polar surface area (TPSA) is 91.7 Å². The molecule has 0 atom stereocenters. The minimum absolute atomic E-state index is 0.0284. The van der Waals surface area contributed by atoms with Gasteiger partial charge in [0.15, 0.2) is 5.78 Å². The monoisotopic (exact) mass is 301 g/mol. The van der Waals surface area contributed by atoms with E-state index in [1.807, 2.05) is 13.8 Å². The van der Waals surface area contributed by atoms with Crippen LogP contribution in [0.4, 0.5) is 0 Å². The fourth-order valence-corrected chi connectivity index (χ4v) is 2.46. The first-order valence-electron chi connectivity index (χ1n) is 7.00. The number of hydrazone groups is 1. The molecule has 0 aliphatic heterocycles. The van der Waals surface area contributed by atoms with Crippen molar-refractivity contribution < 1.29 is 14.7 Å². The van der Waals surface area contributed by atoms with Gasteiger partial charge in [-0.25, -0.2) is 5.43 Å². The van der Waals surface area contributed by atoms with Gasteiger partial charge in [-0.2, -0.15) is 5.10 Å². The van der Waals surface area contributed by atoms with E-state index in [1.165, 1.54) is 12.4 Å². The van der Waals surface area contributed by atoms with Gasteiger partial charge in [0.1, 0.15) is 5.76 Å². The zero-order valence-electron chi connectivity index (χ0n) is 12.9. The van der Waals surface area contributed by atoms with Gasteiger partial charge in [-0.05, 0) is 24.5 Å². The predicted octanol–water partition coefficient (Wildman–Crippen LogP) is 2.39. The van der Waals surface area contributed by atoms with Gasteiger partial charge in [-0.3, -0.25) is 14.6 Å². The summed E-state index contributed by atoms with van der Waals surface area (Å²) in [4.78, 5) is 27.9. The van der Waals surface area contributed by atoms with Gasteiger partial charge < -0.3 is 5.11 Å². The van der Waals surface area contributed by atoms with Crippen molar-refractivity contribution in [3.63, 3.8) is 0 Å². The molecule has 22 heavy (non-hydrogen) atoms. The molecule has 1 aromatic heterocycles. The van der Waals surface area contributed by atoms with E-state index >= 15 is 0 Å². The third-order valence-corrected chi connectivity index (χ3v) is 3.48. The largest absolute Gasteiger partial charge is 0.511 e. The second-order valence-corrected chi connectivity index (χ2v) is 6.14. The second-order valence-electron chi connectivity index (χ2n) is 6.14. The van der Waals surface area contributed by atoms with Gasteiger partial charge in [0.2, 0.25) is 0 Å². The van der Waals surface area contributed by atoms with Gasteiger partial charge in [0.05, 0.1) is 11.3 Å². The van der Waals surface area contributed by atoms with E-state index in [1.54, 1.807) is 19.1 Å². The molecule has 1 amide bonds. The lowest BCUT2D eigenvalue weighted by atomic mass is 9.76. The molecule has 1 aromatic rings. The minimum Gasteiger partial charge on any atom is -0.511 e. The molecule has 0 bridgehead atoms. The van der Waals surface area contributed by atoms with E-state index in [0.717, 1.165) is 0 Å². The number of aromatic nitrogens is 1. The van der Waals surface area contributed by atoms with Crippen molar-refractivity contribution >= 4 is 17.4 Å². The number of carbonyl (C=O) groups is 2. The average molecular weight is 301 g/mol. The Hall–Kier alpha value is -2.50. The van der Waals surface area contributed by atoms with Crippen molar-refractivity contribution in [1.82, 2.24) is 10.4 Å². The number of nitrogens with zero attached hydrogens (tertiary/aromatic N) is 2. The number of ketones is 1. The van der Waals surface area contributed by atoms with E-state index in [9.17, 15) is 14.7 Å². The van der Waals surface area contributed by atoms with Crippen LogP contribution >= 0.6 is 0 Å². The maximum absolute atomic E-state index is 12.2. The van der Waals surface area contributed by atoms with E-state index in [4.69, 9.17) is 0 Å². The van der Waals surface area contributed by atoms with Crippen LogP contribution in [0.3, 0.4) is 0 Å². The summed E-state index contributed by atoms with van der Waals surface area (Å²) in [6.45, 7) is 5.44. The van der Waals surface area contributed by atoms with Crippen LogP contribution in [0.25, 0.3) is 0 Å². The first-order chi connectivity index (χ1) is 10.3. The fraction of sp³-hybridized carbons (Fsp3) is 0.375. The quantitative estimate of drug-likeness (QED) is 0.662.